The van der Waals surface area contributed by atoms with Gasteiger partial charge in [-0.2, -0.15) is 0 Å². The van der Waals surface area contributed by atoms with Gasteiger partial charge in [0.1, 0.15) is 0 Å². The molecule has 0 aromatic heterocycles. The van der Waals surface area contributed by atoms with Crippen molar-refractivity contribution in [2.24, 2.45) is 5.73 Å². The van der Waals surface area contributed by atoms with Crippen LogP contribution in [0.25, 0.3) is 0 Å². The molecule has 82 valence electrons. The van der Waals surface area contributed by atoms with Gasteiger partial charge in [0.15, 0.2) is 0 Å². The Labute approximate surface area is 99.4 Å². The first-order valence-electron chi connectivity index (χ1n) is 5.48. The number of hydrogen-bond donors (Lipinski definition) is 2. The Morgan fingerprint density at radius 2 is 2.13 bits per heavy atom. The Morgan fingerprint density at radius 3 is 2.80 bits per heavy atom. The first-order valence-corrected chi connectivity index (χ1v) is 6.27. The van der Waals surface area contributed by atoms with Gasteiger partial charge in [0, 0.05) is 23.1 Å². The normalized spacial score (nSPS) is 25.7. The average molecular weight is 269 g/mol. The third-order valence-corrected chi connectivity index (χ3v) is 3.79. The first-order chi connectivity index (χ1) is 7.25. The van der Waals surface area contributed by atoms with Gasteiger partial charge in [0.25, 0.3) is 0 Å². The van der Waals surface area contributed by atoms with Crippen molar-refractivity contribution in [2.45, 2.75) is 37.9 Å². The number of nitrogens with two attached hydrogens (primary N) is 1. The van der Waals surface area contributed by atoms with Crippen LogP contribution in [0, 0.1) is 0 Å². The predicted octanol–water partition coefficient (Wildman–Crippen LogP) is 2.42. The molecule has 1 aromatic rings. The second-order valence-electron chi connectivity index (χ2n) is 4.24. The van der Waals surface area contributed by atoms with Gasteiger partial charge < -0.3 is 11.1 Å². The highest BCUT2D eigenvalue weighted by Gasteiger charge is 2.20. The van der Waals surface area contributed by atoms with Crippen LogP contribution in [0.1, 0.15) is 24.8 Å². The van der Waals surface area contributed by atoms with E-state index in [0.29, 0.717) is 12.1 Å². The van der Waals surface area contributed by atoms with Crippen molar-refractivity contribution in [1.29, 1.82) is 0 Å². The molecule has 1 aliphatic carbocycles. The lowest BCUT2D eigenvalue weighted by molar-refractivity contribution is 0.516. The smallest absolute Gasteiger partial charge is 0.0220 e. The van der Waals surface area contributed by atoms with Gasteiger partial charge in [0.05, 0.1) is 0 Å². The van der Waals surface area contributed by atoms with Crippen molar-refractivity contribution in [1.82, 2.24) is 5.32 Å². The number of nitrogens with one attached hydrogen (secondary N) is 1. The van der Waals surface area contributed by atoms with E-state index in [1.807, 2.05) is 6.07 Å². The summed E-state index contributed by atoms with van der Waals surface area (Å²) in [7, 11) is 0. The number of halogens is 1. The summed E-state index contributed by atoms with van der Waals surface area (Å²) in [5, 5.41) is 3.56. The van der Waals surface area contributed by atoms with Crippen LogP contribution >= 0.6 is 15.9 Å². The minimum absolute atomic E-state index is 0.404. The van der Waals surface area contributed by atoms with Crippen LogP contribution in [0.4, 0.5) is 0 Å². The Hall–Kier alpha value is -0.380. The maximum atomic E-state index is 5.87. The van der Waals surface area contributed by atoms with Crippen LogP contribution < -0.4 is 11.1 Å². The van der Waals surface area contributed by atoms with Crippen molar-refractivity contribution in [3.05, 3.63) is 34.3 Å². The summed E-state index contributed by atoms with van der Waals surface area (Å²) >= 11 is 3.55. The summed E-state index contributed by atoms with van der Waals surface area (Å²) in [6.45, 7) is 0.929. The van der Waals surface area contributed by atoms with Gasteiger partial charge in [0.2, 0.25) is 0 Å². The molecular weight excluding hydrogens is 252 g/mol. The number of hydrogen-bond acceptors (Lipinski definition) is 2. The molecule has 0 radical (unpaired) electrons. The van der Waals surface area contributed by atoms with E-state index in [1.165, 1.54) is 16.5 Å². The third-order valence-electron chi connectivity index (χ3n) is 3.01. The minimum Gasteiger partial charge on any atom is -0.328 e. The Balaban J connectivity index is 1.86. The summed E-state index contributed by atoms with van der Waals surface area (Å²) in [6, 6.07) is 9.35. The molecule has 0 amide bonds. The highest BCUT2D eigenvalue weighted by Crippen LogP contribution is 2.19. The largest absolute Gasteiger partial charge is 0.328 e. The summed E-state index contributed by atoms with van der Waals surface area (Å²) < 4.78 is 1.18. The molecule has 3 heteroatoms. The average Bonchev–Trinajstić information content (AvgIpc) is 2.63. The zero-order chi connectivity index (χ0) is 10.7. The van der Waals surface area contributed by atoms with Gasteiger partial charge in [-0.15, -0.1) is 0 Å². The molecule has 2 nitrogen and oxygen atoms in total. The third kappa shape index (κ3) is 3.03. The zero-order valence-electron chi connectivity index (χ0n) is 8.75. The minimum atomic E-state index is 0.404. The van der Waals surface area contributed by atoms with Crippen LogP contribution in [0.2, 0.25) is 0 Å². The van der Waals surface area contributed by atoms with Crippen molar-refractivity contribution < 1.29 is 0 Å². The predicted molar refractivity (Wildman–Crippen MR) is 66.6 cm³/mol. The molecule has 0 aliphatic heterocycles. The van der Waals surface area contributed by atoms with Gasteiger partial charge in [-0.05, 0) is 30.9 Å². The standard InChI is InChI=1S/C12H17BrN2/c13-12-4-2-1-3-9(12)8-15-11-6-5-10(14)7-11/h1-4,10-11,15H,5-8,14H2. The fourth-order valence-electron chi connectivity index (χ4n) is 2.10. The molecule has 0 bridgehead atoms. The molecule has 2 atom stereocenters. The van der Waals surface area contributed by atoms with Crippen molar-refractivity contribution >= 4 is 15.9 Å². The topological polar surface area (TPSA) is 38.0 Å². The molecule has 1 fully saturated rings. The second-order valence-corrected chi connectivity index (χ2v) is 5.10. The summed E-state index contributed by atoms with van der Waals surface area (Å²) in [6.07, 6.45) is 3.49. The maximum Gasteiger partial charge on any atom is 0.0220 e. The summed E-state index contributed by atoms with van der Waals surface area (Å²) in [5.74, 6) is 0. The molecule has 2 rings (SSSR count). The van der Waals surface area contributed by atoms with E-state index >= 15 is 0 Å². The Morgan fingerprint density at radius 1 is 1.33 bits per heavy atom. The number of rotatable bonds is 3. The zero-order valence-corrected chi connectivity index (χ0v) is 10.3. The molecule has 0 heterocycles. The van der Waals surface area contributed by atoms with Gasteiger partial charge in [-0.1, -0.05) is 34.1 Å². The van der Waals surface area contributed by atoms with Gasteiger partial charge in [-0.25, -0.2) is 0 Å². The molecule has 0 saturated heterocycles. The first kappa shape index (κ1) is 11.1. The van der Waals surface area contributed by atoms with Crippen molar-refractivity contribution in [3.63, 3.8) is 0 Å². The molecule has 1 aliphatic rings. The lowest BCUT2D eigenvalue weighted by Crippen LogP contribution is -2.28. The van der Waals surface area contributed by atoms with Crippen LogP contribution in [-0.2, 0) is 6.54 Å². The molecular formula is C12H17BrN2. The maximum absolute atomic E-state index is 5.87. The molecule has 15 heavy (non-hydrogen) atoms. The van der Waals surface area contributed by atoms with Crippen molar-refractivity contribution in [3.8, 4) is 0 Å². The summed E-state index contributed by atoms with van der Waals surface area (Å²) in [4.78, 5) is 0. The van der Waals surface area contributed by atoms with Crippen LogP contribution in [0.3, 0.4) is 0 Å². The van der Waals surface area contributed by atoms with Gasteiger partial charge in [-0.3, -0.25) is 0 Å². The molecule has 0 spiro atoms. The fraction of sp³-hybridized carbons (Fsp3) is 0.500. The lowest BCUT2D eigenvalue weighted by Gasteiger charge is -2.13. The second kappa shape index (κ2) is 5.10. The fourth-order valence-corrected chi connectivity index (χ4v) is 2.52. The monoisotopic (exact) mass is 268 g/mol. The van der Waals surface area contributed by atoms with Crippen LogP contribution in [0.5, 0.6) is 0 Å². The van der Waals surface area contributed by atoms with Gasteiger partial charge >= 0.3 is 0 Å². The van der Waals surface area contributed by atoms with E-state index in [-0.39, 0.29) is 0 Å². The molecule has 2 unspecified atom stereocenters. The van der Waals surface area contributed by atoms with E-state index in [4.69, 9.17) is 5.73 Å². The Bertz CT molecular complexity index is 327. The summed E-state index contributed by atoms with van der Waals surface area (Å²) in [5.41, 5.74) is 7.19. The highest BCUT2D eigenvalue weighted by molar-refractivity contribution is 9.10. The lowest BCUT2D eigenvalue weighted by atomic mass is 10.2. The van der Waals surface area contributed by atoms with E-state index < -0.39 is 0 Å². The van der Waals surface area contributed by atoms with E-state index in [0.717, 1.165) is 19.4 Å². The van der Waals surface area contributed by atoms with Crippen LogP contribution in [0.15, 0.2) is 28.7 Å². The number of benzene rings is 1. The molecule has 1 aromatic carbocycles. The quantitative estimate of drug-likeness (QED) is 0.884. The Kier molecular flexibility index (Phi) is 3.78. The SMILES string of the molecule is NC1CCC(NCc2ccccc2Br)C1. The van der Waals surface area contributed by atoms with Crippen molar-refractivity contribution in [2.75, 3.05) is 0 Å². The molecule has 1 saturated carbocycles. The highest BCUT2D eigenvalue weighted by atomic mass is 79.9. The van der Waals surface area contributed by atoms with E-state index in [2.05, 4.69) is 39.4 Å². The van der Waals surface area contributed by atoms with E-state index in [9.17, 15) is 0 Å². The molecule has 3 N–H and O–H groups in total. The van der Waals surface area contributed by atoms with E-state index in [1.54, 1.807) is 0 Å². The van der Waals surface area contributed by atoms with Crippen LogP contribution in [-0.4, -0.2) is 12.1 Å².